The van der Waals surface area contributed by atoms with E-state index in [9.17, 15) is 9.59 Å². The molecule has 20 heavy (non-hydrogen) atoms. The number of methoxy groups -OCH3 is 1. The third kappa shape index (κ3) is 4.20. The number of nitrogens with zero attached hydrogens (tertiary/aromatic N) is 2. The maximum atomic E-state index is 12.4. The van der Waals surface area contributed by atoms with Crippen LogP contribution in [0.3, 0.4) is 0 Å². The first-order chi connectivity index (χ1) is 9.70. The van der Waals surface area contributed by atoms with Crippen LogP contribution in [0.5, 0.6) is 0 Å². The molecular formula is C15H26N2O3. The highest BCUT2D eigenvalue weighted by Gasteiger charge is 2.28. The molecule has 5 heteroatoms. The molecule has 0 atom stereocenters. The fourth-order valence-electron chi connectivity index (χ4n) is 3.23. The van der Waals surface area contributed by atoms with Gasteiger partial charge in [-0.05, 0) is 32.1 Å². The summed E-state index contributed by atoms with van der Waals surface area (Å²) >= 11 is 0. The summed E-state index contributed by atoms with van der Waals surface area (Å²) in [7, 11) is 1.40. The van der Waals surface area contributed by atoms with Crippen molar-refractivity contribution in [1.82, 2.24) is 9.80 Å². The molecule has 0 aromatic heterocycles. The summed E-state index contributed by atoms with van der Waals surface area (Å²) < 4.78 is 4.76. The van der Waals surface area contributed by atoms with Gasteiger partial charge in [0.05, 0.1) is 20.2 Å². The van der Waals surface area contributed by atoms with E-state index in [1.165, 1.54) is 26.4 Å². The van der Waals surface area contributed by atoms with Crippen LogP contribution in [-0.4, -0.2) is 61.0 Å². The summed E-state index contributed by atoms with van der Waals surface area (Å²) in [5.41, 5.74) is 0. The lowest BCUT2D eigenvalue weighted by Crippen LogP contribution is -2.47. The highest BCUT2D eigenvalue weighted by molar-refractivity contribution is 5.79. The topological polar surface area (TPSA) is 49.9 Å². The lowest BCUT2D eigenvalue weighted by molar-refractivity contribution is -0.144. The average molecular weight is 282 g/mol. The fraction of sp³-hybridized carbons (Fsp3) is 0.867. The molecule has 2 rings (SSSR count). The molecule has 1 heterocycles. The van der Waals surface area contributed by atoms with Crippen molar-refractivity contribution in [2.24, 2.45) is 0 Å². The monoisotopic (exact) mass is 282 g/mol. The largest absolute Gasteiger partial charge is 0.468 e. The number of amides is 1. The Kier molecular flexibility index (Phi) is 5.83. The second kappa shape index (κ2) is 7.62. The smallest absolute Gasteiger partial charge is 0.319 e. The molecule has 0 aromatic rings. The highest BCUT2D eigenvalue weighted by Crippen LogP contribution is 2.23. The minimum absolute atomic E-state index is 0.167. The predicted molar refractivity (Wildman–Crippen MR) is 76.3 cm³/mol. The predicted octanol–water partition coefficient (Wildman–Crippen LogP) is 1.42. The number of rotatable bonds is 5. The molecule has 2 fully saturated rings. The van der Waals surface area contributed by atoms with Crippen LogP contribution >= 0.6 is 0 Å². The number of hydrogen-bond donors (Lipinski definition) is 0. The van der Waals surface area contributed by atoms with Crippen molar-refractivity contribution in [2.45, 2.75) is 51.0 Å². The number of hydrogen-bond acceptors (Lipinski definition) is 4. The van der Waals surface area contributed by atoms with Crippen LogP contribution in [0, 0.1) is 0 Å². The lowest BCUT2D eigenvalue weighted by atomic mass is 10.1. The highest BCUT2D eigenvalue weighted by atomic mass is 16.5. The van der Waals surface area contributed by atoms with Crippen molar-refractivity contribution < 1.29 is 14.3 Å². The van der Waals surface area contributed by atoms with Crippen LogP contribution in [0.2, 0.25) is 0 Å². The van der Waals surface area contributed by atoms with Gasteiger partial charge in [0, 0.05) is 19.1 Å². The minimum atomic E-state index is -0.247. The Morgan fingerprint density at radius 3 is 2.30 bits per heavy atom. The summed E-state index contributed by atoms with van der Waals surface area (Å²) in [6, 6.07) is 0.364. The zero-order chi connectivity index (χ0) is 14.4. The number of carbonyl (C=O) groups is 2. The average Bonchev–Trinajstić information content (AvgIpc) is 3.01. The Morgan fingerprint density at radius 1 is 1.05 bits per heavy atom. The standard InChI is InChI=1S/C15H26N2O3/c1-20-15(19)12-17(13-7-3-4-8-13)11-14(18)16-9-5-2-6-10-16/h13H,2-12H2,1H3. The maximum absolute atomic E-state index is 12.4. The van der Waals surface area contributed by atoms with Crippen LogP contribution in [0.1, 0.15) is 44.9 Å². The summed E-state index contributed by atoms with van der Waals surface area (Å²) in [6.07, 6.45) is 7.99. The molecule has 0 aromatic carbocycles. The van der Waals surface area contributed by atoms with Crippen molar-refractivity contribution >= 4 is 11.9 Å². The van der Waals surface area contributed by atoms with Gasteiger partial charge in [-0.2, -0.15) is 0 Å². The Labute approximate surface area is 121 Å². The van der Waals surface area contributed by atoms with E-state index in [0.717, 1.165) is 38.8 Å². The lowest BCUT2D eigenvalue weighted by Gasteiger charge is -2.32. The van der Waals surface area contributed by atoms with Crippen molar-refractivity contribution in [2.75, 3.05) is 33.3 Å². The maximum Gasteiger partial charge on any atom is 0.319 e. The van der Waals surface area contributed by atoms with E-state index in [2.05, 4.69) is 0 Å². The number of likely N-dealkylation sites (tertiary alicyclic amines) is 1. The molecule has 1 aliphatic heterocycles. The van der Waals surface area contributed by atoms with Gasteiger partial charge in [0.25, 0.3) is 0 Å². The van der Waals surface area contributed by atoms with Gasteiger partial charge in [-0.15, -0.1) is 0 Å². The zero-order valence-corrected chi connectivity index (χ0v) is 12.5. The molecule has 0 radical (unpaired) electrons. The number of carbonyl (C=O) groups excluding carboxylic acids is 2. The molecule has 2 aliphatic rings. The third-order valence-corrected chi connectivity index (χ3v) is 4.45. The van der Waals surface area contributed by atoms with Crippen molar-refractivity contribution in [3.8, 4) is 0 Å². The molecule has 1 aliphatic carbocycles. The van der Waals surface area contributed by atoms with Gasteiger partial charge in [0.2, 0.25) is 5.91 Å². The summed E-state index contributed by atoms with van der Waals surface area (Å²) in [4.78, 5) is 27.9. The van der Waals surface area contributed by atoms with E-state index >= 15 is 0 Å². The first-order valence-electron chi connectivity index (χ1n) is 7.79. The van der Waals surface area contributed by atoms with E-state index < -0.39 is 0 Å². The summed E-state index contributed by atoms with van der Waals surface area (Å²) in [6.45, 7) is 2.34. The second-order valence-electron chi connectivity index (χ2n) is 5.86. The van der Waals surface area contributed by atoms with E-state index in [1.807, 2.05) is 9.80 Å². The first kappa shape index (κ1) is 15.3. The molecule has 1 saturated heterocycles. The Bertz CT molecular complexity index is 334. The summed E-state index contributed by atoms with van der Waals surface area (Å²) in [5.74, 6) is -0.0798. The van der Waals surface area contributed by atoms with E-state index in [-0.39, 0.29) is 18.4 Å². The molecule has 114 valence electrons. The molecular weight excluding hydrogens is 256 g/mol. The van der Waals surface area contributed by atoms with Gasteiger partial charge >= 0.3 is 5.97 Å². The SMILES string of the molecule is COC(=O)CN(CC(=O)N1CCCCC1)C1CCCC1. The zero-order valence-electron chi connectivity index (χ0n) is 12.5. The molecule has 0 N–H and O–H groups in total. The molecule has 1 saturated carbocycles. The van der Waals surface area contributed by atoms with Gasteiger partial charge in [-0.1, -0.05) is 12.8 Å². The number of ether oxygens (including phenoxy) is 1. The Balaban J connectivity index is 1.91. The molecule has 1 amide bonds. The second-order valence-corrected chi connectivity index (χ2v) is 5.86. The van der Waals surface area contributed by atoms with Crippen LogP contribution in [0.15, 0.2) is 0 Å². The first-order valence-corrected chi connectivity index (χ1v) is 7.79. The fourth-order valence-corrected chi connectivity index (χ4v) is 3.23. The minimum Gasteiger partial charge on any atom is -0.468 e. The molecule has 5 nitrogen and oxygen atoms in total. The summed E-state index contributed by atoms with van der Waals surface area (Å²) in [5, 5.41) is 0. The van der Waals surface area contributed by atoms with Gasteiger partial charge in [-0.25, -0.2) is 0 Å². The molecule has 0 unspecified atom stereocenters. The van der Waals surface area contributed by atoms with Crippen molar-refractivity contribution in [3.05, 3.63) is 0 Å². The van der Waals surface area contributed by atoms with Crippen molar-refractivity contribution in [1.29, 1.82) is 0 Å². The van der Waals surface area contributed by atoms with Crippen LogP contribution < -0.4 is 0 Å². The normalized spacial score (nSPS) is 20.4. The number of esters is 1. The van der Waals surface area contributed by atoms with E-state index in [0.29, 0.717) is 12.6 Å². The van der Waals surface area contributed by atoms with Crippen LogP contribution in [-0.2, 0) is 14.3 Å². The Morgan fingerprint density at radius 2 is 1.70 bits per heavy atom. The van der Waals surface area contributed by atoms with E-state index in [4.69, 9.17) is 4.74 Å². The third-order valence-electron chi connectivity index (χ3n) is 4.45. The number of piperidine rings is 1. The molecule has 0 spiro atoms. The van der Waals surface area contributed by atoms with Gasteiger partial charge < -0.3 is 9.64 Å². The van der Waals surface area contributed by atoms with Crippen molar-refractivity contribution in [3.63, 3.8) is 0 Å². The van der Waals surface area contributed by atoms with Gasteiger partial charge in [-0.3, -0.25) is 14.5 Å². The van der Waals surface area contributed by atoms with Gasteiger partial charge in [0.1, 0.15) is 0 Å². The molecule has 0 bridgehead atoms. The van der Waals surface area contributed by atoms with Crippen LogP contribution in [0.25, 0.3) is 0 Å². The van der Waals surface area contributed by atoms with Gasteiger partial charge in [0.15, 0.2) is 0 Å². The Hall–Kier alpha value is -1.10. The van der Waals surface area contributed by atoms with Crippen LogP contribution in [0.4, 0.5) is 0 Å². The van der Waals surface area contributed by atoms with E-state index in [1.54, 1.807) is 0 Å². The quantitative estimate of drug-likeness (QED) is 0.716.